The number of hydrogen-bond donors (Lipinski definition) is 3. The Balaban J connectivity index is 1.98. The Bertz CT molecular complexity index is 641. The second-order valence-electron chi connectivity index (χ2n) is 6.58. The van der Waals surface area contributed by atoms with Crippen LogP contribution in [0.15, 0.2) is 12.7 Å². The van der Waals surface area contributed by atoms with Crippen LogP contribution in [0.2, 0.25) is 0 Å². The van der Waals surface area contributed by atoms with Gasteiger partial charge < -0.3 is 19.8 Å². The minimum absolute atomic E-state index is 0.0618. The molecule has 2 unspecified atom stereocenters. The number of esters is 1. The number of aromatic nitrogens is 3. The number of hydrogen-bond acceptors (Lipinski definition) is 6. The van der Waals surface area contributed by atoms with E-state index in [1.165, 1.54) is 17.3 Å². The van der Waals surface area contributed by atoms with Crippen LogP contribution < -0.4 is 5.32 Å². The summed E-state index contributed by atoms with van der Waals surface area (Å²) in [6.45, 7) is 3.74. The molecule has 0 aromatic carbocycles. The van der Waals surface area contributed by atoms with Crippen molar-refractivity contribution < 1.29 is 28.7 Å². The van der Waals surface area contributed by atoms with Gasteiger partial charge >= 0.3 is 13.6 Å². The van der Waals surface area contributed by atoms with Crippen molar-refractivity contribution in [3.05, 3.63) is 12.7 Å². The fourth-order valence-corrected chi connectivity index (χ4v) is 3.39. The Kier molecular flexibility index (Phi) is 5.42. The lowest BCUT2D eigenvalue weighted by molar-refractivity contribution is -0.143. The molecule has 11 heteroatoms. The third-order valence-electron chi connectivity index (χ3n) is 3.81. The summed E-state index contributed by atoms with van der Waals surface area (Å²) in [6.07, 6.45) is 1.76. The Morgan fingerprint density at radius 1 is 1.58 bits per heavy atom. The molecule has 0 spiro atoms. The zero-order valence-electron chi connectivity index (χ0n) is 13.5. The molecule has 0 radical (unpaired) electrons. The number of nitrogens with zero attached hydrogens (tertiary/aromatic N) is 3. The molecule has 1 aromatic heterocycles. The summed E-state index contributed by atoms with van der Waals surface area (Å²) in [7, 11) is -4.33. The molecule has 1 fully saturated rings. The first-order chi connectivity index (χ1) is 11.0. The van der Waals surface area contributed by atoms with Crippen molar-refractivity contribution in [1.29, 1.82) is 0 Å². The summed E-state index contributed by atoms with van der Waals surface area (Å²) in [4.78, 5) is 45.7. The standard InChI is InChI=1S/C13H21N4O6P/c1-13(2)4-12(19)23-10(13)3-11(18)16-9(6-24(20,21)22)5-17-8-14-7-15-17/h7-10H,3-6H2,1-2H3,(H,16,18)(H2,20,21,22). The number of amides is 1. The van der Waals surface area contributed by atoms with Crippen molar-refractivity contribution in [2.75, 3.05) is 6.16 Å². The van der Waals surface area contributed by atoms with Gasteiger partial charge in [0.2, 0.25) is 5.91 Å². The van der Waals surface area contributed by atoms with Crippen molar-refractivity contribution >= 4 is 19.5 Å². The van der Waals surface area contributed by atoms with Gasteiger partial charge in [0.05, 0.1) is 31.6 Å². The zero-order valence-corrected chi connectivity index (χ0v) is 14.3. The minimum atomic E-state index is -4.33. The molecule has 1 aliphatic rings. The Morgan fingerprint density at radius 3 is 2.79 bits per heavy atom. The molecule has 1 aromatic rings. The van der Waals surface area contributed by atoms with Crippen LogP contribution in [-0.2, 0) is 25.4 Å². The molecule has 1 aliphatic heterocycles. The van der Waals surface area contributed by atoms with Crippen LogP contribution in [0.1, 0.15) is 26.7 Å². The van der Waals surface area contributed by atoms with Crippen LogP contribution in [-0.4, -0.2) is 54.7 Å². The van der Waals surface area contributed by atoms with E-state index < -0.39 is 37.2 Å². The van der Waals surface area contributed by atoms with E-state index in [0.717, 1.165) is 0 Å². The molecule has 24 heavy (non-hydrogen) atoms. The van der Waals surface area contributed by atoms with E-state index in [2.05, 4.69) is 15.4 Å². The van der Waals surface area contributed by atoms with E-state index in [1.54, 1.807) is 0 Å². The van der Waals surface area contributed by atoms with Crippen molar-refractivity contribution in [1.82, 2.24) is 20.1 Å². The summed E-state index contributed by atoms with van der Waals surface area (Å²) in [5, 5.41) is 6.44. The summed E-state index contributed by atoms with van der Waals surface area (Å²) in [6, 6.07) is -0.819. The van der Waals surface area contributed by atoms with E-state index in [1.807, 2.05) is 13.8 Å². The van der Waals surface area contributed by atoms with E-state index in [-0.39, 0.29) is 25.4 Å². The molecule has 0 aliphatic carbocycles. The second-order valence-corrected chi connectivity index (χ2v) is 8.27. The monoisotopic (exact) mass is 360 g/mol. The predicted molar refractivity (Wildman–Crippen MR) is 81.8 cm³/mol. The van der Waals surface area contributed by atoms with Crippen molar-refractivity contribution in [2.24, 2.45) is 5.41 Å². The lowest BCUT2D eigenvalue weighted by Gasteiger charge is -2.25. The highest BCUT2D eigenvalue weighted by Crippen LogP contribution is 2.37. The molecule has 2 rings (SSSR count). The first-order valence-corrected chi connectivity index (χ1v) is 9.21. The molecule has 2 heterocycles. The average molecular weight is 360 g/mol. The fraction of sp³-hybridized carbons (Fsp3) is 0.692. The molecule has 134 valence electrons. The highest BCUT2D eigenvalue weighted by Gasteiger charge is 2.42. The van der Waals surface area contributed by atoms with Crippen molar-refractivity contribution in [3.63, 3.8) is 0 Å². The Morgan fingerprint density at radius 2 is 2.29 bits per heavy atom. The summed E-state index contributed by atoms with van der Waals surface area (Å²) in [5.74, 6) is -0.798. The first-order valence-electron chi connectivity index (χ1n) is 7.41. The molecule has 0 bridgehead atoms. The van der Waals surface area contributed by atoms with Gasteiger partial charge in [-0.2, -0.15) is 5.10 Å². The lowest BCUT2D eigenvalue weighted by Crippen LogP contribution is -2.43. The van der Waals surface area contributed by atoms with Crippen LogP contribution in [0.25, 0.3) is 0 Å². The fourth-order valence-electron chi connectivity index (χ4n) is 2.61. The van der Waals surface area contributed by atoms with Crippen LogP contribution in [0.5, 0.6) is 0 Å². The van der Waals surface area contributed by atoms with E-state index in [0.29, 0.717) is 0 Å². The maximum atomic E-state index is 12.2. The van der Waals surface area contributed by atoms with E-state index >= 15 is 0 Å². The van der Waals surface area contributed by atoms with Crippen molar-refractivity contribution in [3.8, 4) is 0 Å². The number of nitrogens with one attached hydrogen (secondary N) is 1. The number of ether oxygens (including phenoxy) is 1. The number of cyclic esters (lactones) is 1. The van der Waals surface area contributed by atoms with Gasteiger partial charge in [-0.15, -0.1) is 0 Å². The highest BCUT2D eigenvalue weighted by molar-refractivity contribution is 7.51. The van der Waals surface area contributed by atoms with Gasteiger partial charge in [-0.05, 0) is 0 Å². The third-order valence-corrected chi connectivity index (χ3v) is 4.73. The van der Waals surface area contributed by atoms with Gasteiger partial charge in [0.25, 0.3) is 0 Å². The number of carbonyl (C=O) groups excluding carboxylic acids is 2. The first kappa shape index (κ1) is 18.6. The van der Waals surface area contributed by atoms with Crippen LogP contribution in [0.3, 0.4) is 0 Å². The van der Waals surface area contributed by atoms with Gasteiger partial charge in [-0.25, -0.2) is 4.98 Å². The maximum Gasteiger partial charge on any atom is 0.327 e. The smallest absolute Gasteiger partial charge is 0.327 e. The van der Waals surface area contributed by atoms with Crippen molar-refractivity contribution in [2.45, 2.75) is 45.4 Å². The molecule has 3 N–H and O–H groups in total. The predicted octanol–water partition coefficient (Wildman–Crippen LogP) is -0.328. The van der Waals surface area contributed by atoms with Crippen LogP contribution >= 0.6 is 7.60 Å². The van der Waals surface area contributed by atoms with Gasteiger partial charge in [0, 0.05) is 5.41 Å². The average Bonchev–Trinajstić information content (AvgIpc) is 2.95. The van der Waals surface area contributed by atoms with E-state index in [4.69, 9.17) is 4.74 Å². The maximum absolute atomic E-state index is 12.2. The molecule has 1 amide bonds. The summed E-state index contributed by atoms with van der Waals surface area (Å²) in [5.41, 5.74) is -0.459. The summed E-state index contributed by atoms with van der Waals surface area (Å²) >= 11 is 0. The molecular formula is C13H21N4O6P. The van der Waals surface area contributed by atoms with Crippen LogP contribution in [0, 0.1) is 5.41 Å². The van der Waals surface area contributed by atoms with Crippen LogP contribution in [0.4, 0.5) is 0 Å². The molecule has 2 atom stereocenters. The largest absolute Gasteiger partial charge is 0.461 e. The lowest BCUT2D eigenvalue weighted by atomic mass is 9.84. The quantitative estimate of drug-likeness (QED) is 0.443. The number of carbonyl (C=O) groups is 2. The molecule has 1 saturated heterocycles. The molecule has 0 saturated carbocycles. The van der Waals surface area contributed by atoms with Gasteiger partial charge in [-0.1, -0.05) is 13.8 Å². The molecular weight excluding hydrogens is 339 g/mol. The number of rotatable bonds is 7. The highest BCUT2D eigenvalue weighted by atomic mass is 31.2. The molecule has 10 nitrogen and oxygen atoms in total. The van der Waals surface area contributed by atoms with Gasteiger partial charge in [-0.3, -0.25) is 18.8 Å². The topological polar surface area (TPSA) is 144 Å². The normalized spacial score (nSPS) is 21.3. The third kappa shape index (κ3) is 5.40. The second kappa shape index (κ2) is 7.00. The SMILES string of the molecule is CC1(C)CC(=O)OC1CC(=O)NC(Cn1cncn1)CP(=O)(O)O. The Hall–Kier alpha value is -1.77. The van der Waals surface area contributed by atoms with Gasteiger partial charge in [0.1, 0.15) is 18.8 Å². The Labute approximate surface area is 138 Å². The zero-order chi connectivity index (χ0) is 18.0. The summed E-state index contributed by atoms with van der Waals surface area (Å²) < 4.78 is 17.8. The van der Waals surface area contributed by atoms with E-state index in [9.17, 15) is 23.9 Å². The van der Waals surface area contributed by atoms with Gasteiger partial charge in [0.15, 0.2) is 0 Å². The minimum Gasteiger partial charge on any atom is -0.461 e.